The van der Waals surface area contributed by atoms with Crippen LogP contribution in [0.25, 0.3) is 44.3 Å². The van der Waals surface area contributed by atoms with Crippen LogP contribution >= 0.6 is 0 Å². The minimum atomic E-state index is -3.49. The molecule has 23 nitrogen and oxygen atoms in total. The maximum atomic E-state index is 13.1. The van der Waals surface area contributed by atoms with E-state index in [1.165, 1.54) is 53.0 Å². The molecule has 4 aromatic heterocycles. The van der Waals surface area contributed by atoms with Gasteiger partial charge < -0.3 is 36.3 Å². The second kappa shape index (κ2) is 25.6. The van der Waals surface area contributed by atoms with Gasteiger partial charge >= 0.3 is 18.2 Å². The molecule has 2 saturated heterocycles. The van der Waals surface area contributed by atoms with Crippen molar-refractivity contribution < 1.29 is 50.6 Å². The number of sulfone groups is 2. The average Bonchev–Trinajstić information content (AvgIpc) is 2.38. The van der Waals surface area contributed by atoms with Crippen molar-refractivity contribution in [3.8, 4) is 22.3 Å². The van der Waals surface area contributed by atoms with Crippen LogP contribution in [0.15, 0.2) is 144 Å². The van der Waals surface area contributed by atoms with Crippen LogP contribution < -0.4 is 21.7 Å². The van der Waals surface area contributed by atoms with Gasteiger partial charge in [0.1, 0.15) is 23.3 Å². The lowest BCUT2D eigenvalue weighted by Gasteiger charge is -2.28. The van der Waals surface area contributed by atoms with Crippen LogP contribution in [0.5, 0.6) is 0 Å². The molecule has 0 saturated carbocycles. The fraction of sp³-hybridized carbons (Fsp3) is 0.300. The van der Waals surface area contributed by atoms with E-state index in [0.29, 0.717) is 76.6 Å². The third-order valence-electron chi connectivity index (χ3n) is 13.1. The van der Waals surface area contributed by atoms with E-state index in [9.17, 15) is 36.0 Å². The lowest BCUT2D eigenvalue weighted by atomic mass is 10.0. The molecule has 2 fully saturated rings. The number of nitrogen functional groups attached to an aromatic ring is 1. The van der Waals surface area contributed by atoms with Gasteiger partial charge in [-0.25, -0.2) is 31.2 Å². The molecule has 25 heteroatoms. The number of anilines is 6. The number of carboxylic acid groups (broad SMARTS) is 1. The van der Waals surface area contributed by atoms with Crippen molar-refractivity contribution >= 4 is 99.9 Å². The predicted molar refractivity (Wildman–Crippen MR) is 324 cm³/mol. The second-order valence-corrected chi connectivity index (χ2v) is 26.1. The number of fused-ring (bicyclic) bond motifs is 2. The number of likely N-dealkylation sites (tertiary alicyclic amines) is 2. The van der Waals surface area contributed by atoms with Gasteiger partial charge in [-0.3, -0.25) is 44.5 Å². The van der Waals surface area contributed by atoms with E-state index in [-0.39, 0.29) is 15.7 Å². The Balaban J connectivity index is 0.000000187. The van der Waals surface area contributed by atoms with Crippen molar-refractivity contribution in [1.82, 2.24) is 39.7 Å². The maximum absolute atomic E-state index is 13.1. The number of hydrogen-bond acceptors (Lipinski definition) is 19. The Morgan fingerprint density at radius 2 is 0.976 bits per heavy atom. The first-order valence-corrected chi connectivity index (χ1v) is 30.7. The number of rotatable bonds is 11. The summed E-state index contributed by atoms with van der Waals surface area (Å²) >= 11 is 0. The number of nitrogens with zero attached hydrogens (tertiary/aromatic N) is 8. The van der Waals surface area contributed by atoms with Gasteiger partial charge in [0.25, 0.3) is 0 Å². The van der Waals surface area contributed by atoms with Crippen LogP contribution in [-0.4, -0.2) is 135 Å². The van der Waals surface area contributed by atoms with Gasteiger partial charge in [-0.05, 0) is 139 Å². The molecule has 0 spiro atoms. The zero-order valence-electron chi connectivity index (χ0n) is 48.1. The smallest absolute Gasteiger partial charge is 0.411 e. The lowest BCUT2D eigenvalue weighted by Crippen LogP contribution is -2.45. The summed E-state index contributed by atoms with van der Waals surface area (Å²) in [6.45, 7) is 11.6. The molecule has 0 radical (unpaired) electrons. The van der Waals surface area contributed by atoms with Crippen molar-refractivity contribution in [1.29, 1.82) is 0 Å². The quantitative estimate of drug-likeness (QED) is 0.0752. The first-order valence-electron chi connectivity index (χ1n) is 26.9. The molecule has 2 aliphatic heterocycles. The summed E-state index contributed by atoms with van der Waals surface area (Å²) < 4.78 is 59.4. The van der Waals surface area contributed by atoms with Gasteiger partial charge in [-0.15, -0.1) is 0 Å². The number of carbonyl (C=O) groups is 4. The van der Waals surface area contributed by atoms with Crippen molar-refractivity contribution in [2.24, 2.45) is 0 Å². The highest BCUT2D eigenvalue weighted by Gasteiger charge is 2.38. The number of amides is 3. The standard InChI is InChI=1S/C30H32N6O5S.C20H17N5O2S.C10H17NO4/c1-30(2,3)41-29(38)36-15-5-6-25(36)28(37)35-20-9-7-19(8-10-20)22-16-21(17-23-27(22)33-14-13-32-23)34-24-18-31-12-11-26(24)42(4,39)40;1-28(26,27)19-6-7-22-12-18(19)25-15-10-16(13-2-4-14(21)5-3-13)20-17(11-15)23-8-9-24-20;1-10(2,3)15-9(14)11-6-4-5-7(11)8(12)13/h7-14,16-18,25,34H,5-6,15H2,1-4H3,(H,35,37);2-12,25H,21H2,1H3;7H,4-6H2,1-3H3,(H,12,13). The van der Waals surface area contributed by atoms with E-state index in [2.05, 4.69) is 45.9 Å². The number of ether oxygens (including phenoxy) is 2. The number of hydrogen-bond donors (Lipinski definition) is 5. The first kappa shape index (κ1) is 61.7. The number of carboxylic acids is 1. The van der Waals surface area contributed by atoms with Gasteiger partial charge in [0.2, 0.25) is 5.91 Å². The van der Waals surface area contributed by atoms with E-state index in [1.54, 1.807) is 84.5 Å². The Kier molecular flexibility index (Phi) is 18.6. The monoisotopic (exact) mass is 1190 g/mol. The Morgan fingerprint density at radius 1 is 0.565 bits per heavy atom. The summed E-state index contributed by atoms with van der Waals surface area (Å²) in [5.41, 5.74) is 13.9. The molecule has 2 aliphatic rings. The summed E-state index contributed by atoms with van der Waals surface area (Å²) in [7, 11) is -6.90. The Hall–Kier alpha value is -9.36. The topological polar surface area (TPSA) is 321 Å². The summed E-state index contributed by atoms with van der Waals surface area (Å²) in [5, 5.41) is 18.1. The zero-order chi connectivity index (χ0) is 61.4. The molecule has 444 valence electrons. The molecule has 3 amide bonds. The number of nitrogens with one attached hydrogen (secondary N) is 3. The highest BCUT2D eigenvalue weighted by molar-refractivity contribution is 7.91. The molecular weight excluding hydrogens is 1130 g/mol. The highest BCUT2D eigenvalue weighted by Crippen LogP contribution is 2.36. The number of aromatic nitrogens is 6. The zero-order valence-corrected chi connectivity index (χ0v) is 49.7. The van der Waals surface area contributed by atoms with Gasteiger partial charge in [-0.1, -0.05) is 24.3 Å². The van der Waals surface area contributed by atoms with Crippen molar-refractivity contribution in [3.05, 3.63) is 135 Å². The van der Waals surface area contributed by atoms with Crippen molar-refractivity contribution in [3.63, 3.8) is 0 Å². The Bertz CT molecular complexity index is 4010. The fourth-order valence-electron chi connectivity index (χ4n) is 9.41. The van der Waals surface area contributed by atoms with Crippen LogP contribution in [0.1, 0.15) is 67.2 Å². The minimum Gasteiger partial charge on any atom is -0.480 e. The molecule has 2 atom stereocenters. The van der Waals surface area contributed by atoms with E-state index < -0.39 is 61.1 Å². The fourth-order valence-corrected chi connectivity index (χ4v) is 11.0. The maximum Gasteiger partial charge on any atom is 0.411 e. The van der Waals surface area contributed by atoms with Crippen LogP contribution in [0.3, 0.4) is 0 Å². The number of benzene rings is 4. The molecule has 4 aromatic carbocycles. The van der Waals surface area contributed by atoms with Gasteiger partial charge in [0, 0.05) is 96.7 Å². The summed E-state index contributed by atoms with van der Waals surface area (Å²) in [5.74, 6) is -1.23. The van der Waals surface area contributed by atoms with Crippen molar-refractivity contribution in [2.45, 2.75) is 100 Å². The molecule has 0 bridgehead atoms. The lowest BCUT2D eigenvalue weighted by molar-refractivity contribution is -0.142. The predicted octanol–water partition coefficient (Wildman–Crippen LogP) is 10.1. The summed E-state index contributed by atoms with van der Waals surface area (Å²) in [6, 6.07) is 23.7. The van der Waals surface area contributed by atoms with Crippen LogP contribution in [-0.2, 0) is 38.7 Å². The summed E-state index contributed by atoms with van der Waals surface area (Å²) in [4.78, 5) is 77.2. The number of pyridine rings is 2. The Morgan fingerprint density at radius 3 is 1.40 bits per heavy atom. The van der Waals surface area contributed by atoms with Crippen LogP contribution in [0, 0.1) is 0 Å². The van der Waals surface area contributed by atoms with Crippen molar-refractivity contribution in [2.75, 3.05) is 47.3 Å². The minimum absolute atomic E-state index is 0.130. The summed E-state index contributed by atoms with van der Waals surface area (Å²) in [6.07, 6.45) is 16.1. The molecule has 85 heavy (non-hydrogen) atoms. The molecule has 6 heterocycles. The van der Waals surface area contributed by atoms with Gasteiger partial charge in [-0.2, -0.15) is 0 Å². The second-order valence-electron chi connectivity index (χ2n) is 22.1. The van der Waals surface area contributed by atoms with E-state index >= 15 is 0 Å². The molecule has 0 aliphatic carbocycles. The molecule has 10 rings (SSSR count). The number of nitrogens with two attached hydrogens (primary N) is 1. The number of carbonyl (C=O) groups excluding carboxylic acids is 3. The van der Waals surface area contributed by atoms with Crippen LogP contribution in [0.2, 0.25) is 0 Å². The Labute approximate surface area is 492 Å². The van der Waals surface area contributed by atoms with Crippen LogP contribution in [0.4, 0.5) is 43.7 Å². The van der Waals surface area contributed by atoms with Gasteiger partial charge in [0.05, 0.1) is 55.6 Å². The van der Waals surface area contributed by atoms with E-state index in [4.69, 9.17) is 20.3 Å². The molecule has 2 unspecified atom stereocenters. The number of aliphatic carboxylic acids is 1. The third kappa shape index (κ3) is 16.1. The average molecular weight is 1200 g/mol. The van der Waals surface area contributed by atoms with E-state index in [1.807, 2.05) is 54.6 Å². The molecule has 6 N–H and O–H groups in total. The largest absolute Gasteiger partial charge is 0.480 e. The highest BCUT2D eigenvalue weighted by atomic mass is 32.2. The SMILES string of the molecule is CC(C)(C)OC(=O)N1CCCC1C(=O)Nc1ccc(-c2cc(Nc3cnccc3S(C)(=O)=O)cc3nccnc23)cc1.CC(C)(C)OC(=O)N1CCCC1C(=O)O.CS(=O)(=O)c1ccncc1Nc1cc(-c2ccc(N)cc2)c2nccnc2c1. The molecule has 8 aromatic rings. The van der Waals surface area contributed by atoms with Gasteiger partial charge in [0.15, 0.2) is 19.7 Å². The first-order chi connectivity index (χ1) is 40.1. The normalized spacial score (nSPS) is 15.2. The molecular formula is C60H66N12O11S2. The third-order valence-corrected chi connectivity index (χ3v) is 15.4. The van der Waals surface area contributed by atoms with E-state index in [0.717, 1.165) is 46.9 Å².